The lowest BCUT2D eigenvalue weighted by Crippen LogP contribution is -2.25. The number of aldehydes is 1. The van der Waals surface area contributed by atoms with Crippen molar-refractivity contribution >= 4 is 12.2 Å². The van der Waals surface area contributed by atoms with Crippen LogP contribution < -0.4 is 4.74 Å². The number of hydrogen-bond acceptors (Lipinski definition) is 3. The molecule has 4 nitrogen and oxygen atoms in total. The zero-order valence-electron chi connectivity index (χ0n) is 13.0. The summed E-state index contributed by atoms with van der Waals surface area (Å²) in [5.41, 5.74) is 1.16. The van der Waals surface area contributed by atoms with Gasteiger partial charge in [0.05, 0.1) is 12.1 Å². The zero-order chi connectivity index (χ0) is 18.0. The Kier molecular flexibility index (Phi) is 4.48. The number of benzene rings is 2. The molecule has 3 rings (SSSR count). The second-order valence-corrected chi connectivity index (χ2v) is 5.65. The van der Waals surface area contributed by atoms with Crippen LogP contribution in [0.25, 0.3) is 0 Å². The van der Waals surface area contributed by atoms with Crippen molar-refractivity contribution in [2.24, 2.45) is 0 Å². The van der Waals surface area contributed by atoms with Crippen LogP contribution in [0.5, 0.6) is 5.75 Å². The first-order valence-electron chi connectivity index (χ1n) is 7.53. The summed E-state index contributed by atoms with van der Waals surface area (Å²) in [6, 6.07) is 9.75. The number of hydrogen-bond donors (Lipinski definition) is 0. The molecule has 1 amide bonds. The van der Waals surface area contributed by atoms with Crippen molar-refractivity contribution < 1.29 is 27.5 Å². The quantitative estimate of drug-likeness (QED) is 0.777. The Morgan fingerprint density at radius 2 is 1.84 bits per heavy atom. The number of halogens is 3. The first kappa shape index (κ1) is 17.0. The van der Waals surface area contributed by atoms with Gasteiger partial charge < -0.3 is 14.4 Å². The van der Waals surface area contributed by atoms with E-state index in [1.807, 2.05) is 0 Å². The summed E-state index contributed by atoms with van der Waals surface area (Å²) in [5.74, 6) is 0.210. The van der Waals surface area contributed by atoms with E-state index < -0.39 is 11.7 Å². The molecule has 7 heteroatoms. The van der Waals surface area contributed by atoms with Crippen LogP contribution in [0.15, 0.2) is 42.5 Å². The molecule has 0 saturated carbocycles. The zero-order valence-corrected chi connectivity index (χ0v) is 13.0. The van der Waals surface area contributed by atoms with Crippen LogP contribution in [-0.2, 0) is 24.1 Å². The lowest BCUT2D eigenvalue weighted by atomic mass is 10.1. The number of carbonyl (C=O) groups excluding carboxylic acids is 2. The molecule has 0 spiro atoms. The van der Waals surface area contributed by atoms with Crippen molar-refractivity contribution in [3.63, 3.8) is 0 Å². The molecule has 130 valence electrons. The van der Waals surface area contributed by atoms with Gasteiger partial charge in [0.2, 0.25) is 0 Å². The summed E-state index contributed by atoms with van der Waals surface area (Å²) in [4.78, 5) is 24.2. The minimum atomic E-state index is -4.37. The predicted octanol–water partition coefficient (Wildman–Crippen LogP) is 3.44. The molecule has 25 heavy (non-hydrogen) atoms. The number of nitrogens with zero attached hydrogens (tertiary/aromatic N) is 1. The molecule has 0 atom stereocenters. The third-order valence-corrected chi connectivity index (χ3v) is 3.94. The lowest BCUT2D eigenvalue weighted by molar-refractivity contribution is -0.137. The Balaban J connectivity index is 1.67. The number of ether oxygens (including phenoxy) is 1. The molecular formula is C18H14F3NO3. The van der Waals surface area contributed by atoms with Crippen molar-refractivity contribution in [1.82, 2.24) is 4.90 Å². The van der Waals surface area contributed by atoms with Gasteiger partial charge in [-0.3, -0.25) is 4.79 Å². The Bertz CT molecular complexity index is 800. The summed E-state index contributed by atoms with van der Waals surface area (Å²) in [6.07, 6.45) is -3.70. The number of carbonyl (C=O) groups is 2. The average Bonchev–Trinajstić information content (AvgIpc) is 2.89. The van der Waals surface area contributed by atoms with Crippen LogP contribution >= 0.6 is 0 Å². The largest absolute Gasteiger partial charge is 0.489 e. The van der Waals surface area contributed by atoms with Gasteiger partial charge in [-0.25, -0.2) is 0 Å². The Labute approximate surface area is 141 Å². The highest BCUT2D eigenvalue weighted by atomic mass is 19.4. The van der Waals surface area contributed by atoms with Gasteiger partial charge in [-0.15, -0.1) is 0 Å². The minimum Gasteiger partial charge on any atom is -0.489 e. The summed E-state index contributed by atoms with van der Waals surface area (Å²) >= 11 is 0. The topological polar surface area (TPSA) is 46.6 Å². The molecule has 0 N–H and O–H groups in total. The van der Waals surface area contributed by atoms with Crippen molar-refractivity contribution in [2.75, 3.05) is 6.54 Å². The highest BCUT2D eigenvalue weighted by molar-refractivity contribution is 5.99. The molecule has 0 bridgehead atoms. The van der Waals surface area contributed by atoms with Gasteiger partial charge in [0, 0.05) is 12.1 Å². The van der Waals surface area contributed by atoms with Gasteiger partial charge in [-0.2, -0.15) is 13.2 Å². The van der Waals surface area contributed by atoms with Crippen LogP contribution in [0.3, 0.4) is 0 Å². The van der Waals surface area contributed by atoms with E-state index in [2.05, 4.69) is 0 Å². The molecule has 1 aliphatic heterocycles. The van der Waals surface area contributed by atoms with E-state index in [9.17, 15) is 22.8 Å². The fourth-order valence-corrected chi connectivity index (χ4v) is 2.62. The first-order valence-corrected chi connectivity index (χ1v) is 7.53. The third kappa shape index (κ3) is 3.65. The molecule has 0 saturated heterocycles. The third-order valence-electron chi connectivity index (χ3n) is 3.94. The SMILES string of the molecule is O=CCN1Cc2ccc(OCc3ccc(C(F)(F)F)cc3)cc2C1=O. The van der Waals surface area contributed by atoms with Gasteiger partial charge in [0.15, 0.2) is 0 Å². The maximum absolute atomic E-state index is 12.5. The molecule has 2 aromatic carbocycles. The second kappa shape index (κ2) is 6.58. The van der Waals surface area contributed by atoms with E-state index in [1.54, 1.807) is 18.2 Å². The Morgan fingerprint density at radius 3 is 2.48 bits per heavy atom. The van der Waals surface area contributed by atoms with Crippen molar-refractivity contribution in [3.05, 3.63) is 64.7 Å². The summed E-state index contributed by atoms with van der Waals surface area (Å²) in [5, 5.41) is 0. The van der Waals surface area contributed by atoms with Gasteiger partial charge in [-0.1, -0.05) is 18.2 Å². The highest BCUT2D eigenvalue weighted by Gasteiger charge is 2.30. The number of fused-ring (bicyclic) bond motifs is 1. The van der Waals surface area contributed by atoms with Gasteiger partial charge in [-0.05, 0) is 35.4 Å². The number of amides is 1. The maximum Gasteiger partial charge on any atom is 0.416 e. The smallest absolute Gasteiger partial charge is 0.416 e. The molecule has 0 unspecified atom stereocenters. The van der Waals surface area contributed by atoms with E-state index in [0.717, 1.165) is 17.7 Å². The average molecular weight is 349 g/mol. The molecule has 1 heterocycles. The molecule has 2 aromatic rings. The fraction of sp³-hybridized carbons (Fsp3) is 0.222. The standard InChI is InChI=1S/C18H14F3NO3/c19-18(20,21)14-4-1-12(2-5-14)11-25-15-6-3-13-10-22(7-8-23)17(24)16(13)9-15/h1-6,8-9H,7,10-11H2. The normalized spacial score (nSPS) is 13.7. The van der Waals surface area contributed by atoms with Gasteiger partial charge in [0.1, 0.15) is 18.6 Å². The van der Waals surface area contributed by atoms with Gasteiger partial charge in [0.25, 0.3) is 5.91 Å². The second-order valence-electron chi connectivity index (χ2n) is 5.65. The van der Waals surface area contributed by atoms with Crippen molar-refractivity contribution in [1.29, 1.82) is 0 Å². The highest BCUT2D eigenvalue weighted by Crippen LogP contribution is 2.30. The van der Waals surface area contributed by atoms with Crippen LogP contribution in [0, 0.1) is 0 Å². The summed E-state index contributed by atoms with van der Waals surface area (Å²) in [7, 11) is 0. The lowest BCUT2D eigenvalue weighted by Gasteiger charge is -2.10. The minimum absolute atomic E-state index is 0.0370. The van der Waals surface area contributed by atoms with Crippen LogP contribution in [-0.4, -0.2) is 23.6 Å². The first-order chi connectivity index (χ1) is 11.9. The molecule has 0 radical (unpaired) electrons. The molecular weight excluding hydrogens is 335 g/mol. The molecule has 0 aromatic heterocycles. The van der Waals surface area contributed by atoms with E-state index >= 15 is 0 Å². The molecule has 0 fully saturated rings. The van der Waals surface area contributed by atoms with Gasteiger partial charge >= 0.3 is 6.18 Å². The predicted molar refractivity (Wildman–Crippen MR) is 83.0 cm³/mol. The van der Waals surface area contributed by atoms with Crippen LogP contribution in [0.1, 0.15) is 27.0 Å². The molecule has 1 aliphatic rings. The maximum atomic E-state index is 12.5. The van der Waals surface area contributed by atoms with E-state index in [1.165, 1.54) is 17.0 Å². The number of rotatable bonds is 5. The van der Waals surface area contributed by atoms with Crippen molar-refractivity contribution in [2.45, 2.75) is 19.3 Å². The number of alkyl halides is 3. The monoisotopic (exact) mass is 349 g/mol. The van der Waals surface area contributed by atoms with Crippen LogP contribution in [0.2, 0.25) is 0 Å². The van der Waals surface area contributed by atoms with E-state index in [-0.39, 0.29) is 19.1 Å². The van der Waals surface area contributed by atoms with E-state index in [0.29, 0.717) is 29.7 Å². The Morgan fingerprint density at radius 1 is 1.12 bits per heavy atom. The van der Waals surface area contributed by atoms with E-state index in [4.69, 9.17) is 4.74 Å². The Hall–Kier alpha value is -2.83. The fourth-order valence-electron chi connectivity index (χ4n) is 2.62. The summed E-state index contributed by atoms with van der Waals surface area (Å²) < 4.78 is 43.2. The van der Waals surface area contributed by atoms with Crippen LogP contribution in [0.4, 0.5) is 13.2 Å². The van der Waals surface area contributed by atoms with Crippen molar-refractivity contribution in [3.8, 4) is 5.75 Å². The molecule has 0 aliphatic carbocycles. The summed E-state index contributed by atoms with van der Waals surface area (Å²) in [6.45, 7) is 0.504.